The molecule has 0 N–H and O–H groups in total. The number of amides is 1. The third-order valence-corrected chi connectivity index (χ3v) is 7.04. The number of rotatable bonds is 8. The van der Waals surface area contributed by atoms with Gasteiger partial charge in [0.1, 0.15) is 17.3 Å². The average Bonchev–Trinajstić information content (AvgIpc) is 3.29. The molecule has 3 aromatic rings. The summed E-state index contributed by atoms with van der Waals surface area (Å²) in [6.07, 6.45) is 3.95. The van der Waals surface area contributed by atoms with Gasteiger partial charge in [-0.15, -0.1) is 0 Å². The van der Waals surface area contributed by atoms with E-state index in [1.165, 1.54) is 11.6 Å². The highest BCUT2D eigenvalue weighted by atomic mass is 19.1. The quantitative estimate of drug-likeness (QED) is 0.452. The van der Waals surface area contributed by atoms with Crippen LogP contribution >= 0.6 is 0 Å². The molecule has 1 aliphatic heterocycles. The number of likely N-dealkylation sites (tertiary alicyclic amines) is 1. The minimum atomic E-state index is -0.218. The number of nitrogens with zero attached hydrogens (tertiary/aromatic N) is 2. The van der Waals surface area contributed by atoms with E-state index >= 15 is 0 Å². The lowest BCUT2D eigenvalue weighted by Crippen LogP contribution is -2.47. The molecule has 5 nitrogen and oxygen atoms in total. The Balaban J connectivity index is 1.47. The van der Waals surface area contributed by atoms with E-state index in [9.17, 15) is 9.18 Å². The lowest BCUT2D eigenvalue weighted by atomic mass is 9.84. The van der Waals surface area contributed by atoms with Gasteiger partial charge in [0, 0.05) is 19.6 Å². The van der Waals surface area contributed by atoms with Gasteiger partial charge < -0.3 is 14.1 Å². The van der Waals surface area contributed by atoms with Crippen LogP contribution in [0.15, 0.2) is 65.3 Å². The van der Waals surface area contributed by atoms with E-state index in [-0.39, 0.29) is 23.7 Å². The summed E-state index contributed by atoms with van der Waals surface area (Å²) in [5.41, 5.74) is 2.47. The van der Waals surface area contributed by atoms with Gasteiger partial charge in [0.25, 0.3) is 5.91 Å². The summed E-state index contributed by atoms with van der Waals surface area (Å²) in [5, 5.41) is 0. The highest BCUT2D eigenvalue weighted by molar-refractivity contribution is 5.95. The second kappa shape index (κ2) is 10.9. The second-order valence-corrected chi connectivity index (χ2v) is 9.13. The van der Waals surface area contributed by atoms with Crippen LogP contribution in [0.3, 0.4) is 0 Å². The van der Waals surface area contributed by atoms with Crippen molar-refractivity contribution in [2.24, 2.45) is 5.92 Å². The van der Waals surface area contributed by atoms with Crippen LogP contribution in [0.2, 0.25) is 0 Å². The first kappa shape index (κ1) is 24.0. The molecule has 1 aromatic heterocycles. The van der Waals surface area contributed by atoms with Gasteiger partial charge in [0.05, 0.1) is 18.9 Å². The van der Waals surface area contributed by atoms with Gasteiger partial charge in [0.2, 0.25) is 0 Å². The van der Waals surface area contributed by atoms with Crippen molar-refractivity contribution in [3.63, 3.8) is 0 Å². The first-order valence-corrected chi connectivity index (χ1v) is 11.9. The number of aryl methyl sites for hydroxylation is 1. The molecule has 1 saturated heterocycles. The molecule has 0 saturated carbocycles. The van der Waals surface area contributed by atoms with E-state index in [0.717, 1.165) is 38.2 Å². The zero-order valence-electron chi connectivity index (χ0n) is 20.2. The Morgan fingerprint density at radius 1 is 1.15 bits per heavy atom. The van der Waals surface area contributed by atoms with Gasteiger partial charge in [-0.3, -0.25) is 9.69 Å². The average molecular weight is 465 g/mol. The zero-order chi connectivity index (χ0) is 24.1. The number of ether oxygens (including phenoxy) is 1. The minimum absolute atomic E-state index is 0.0757. The number of likely N-dealkylation sites (N-methyl/N-ethyl adjacent to an activating group) is 1. The zero-order valence-corrected chi connectivity index (χ0v) is 20.2. The molecular formula is C28H33FN2O3. The molecule has 6 heteroatoms. The predicted octanol–water partition coefficient (Wildman–Crippen LogP) is 5.33. The van der Waals surface area contributed by atoms with Crippen LogP contribution in [0.1, 0.15) is 40.1 Å². The van der Waals surface area contributed by atoms with Crippen LogP contribution < -0.4 is 4.74 Å². The molecule has 180 valence electrons. The number of hydrogen-bond donors (Lipinski definition) is 0. The standard InChI is InChI=1S/C28H33FN2O3/c1-20-25(14-17-34-20)28(32)30(2)27(18-23-6-4-5-7-26(23)29)22-12-15-31(16-13-22)19-21-8-10-24(33-3)11-9-21/h4-11,14,17,22,27H,12-13,15-16,18-19H2,1-3H3/t27-/m0/s1. The van der Waals surface area contributed by atoms with Crippen LogP contribution in [-0.2, 0) is 13.0 Å². The normalized spacial score (nSPS) is 15.8. The maximum atomic E-state index is 14.5. The maximum Gasteiger partial charge on any atom is 0.257 e. The number of methoxy groups -OCH3 is 1. The third-order valence-electron chi connectivity index (χ3n) is 7.04. The smallest absolute Gasteiger partial charge is 0.257 e. The van der Waals surface area contributed by atoms with Crippen molar-refractivity contribution in [3.8, 4) is 5.75 Å². The van der Waals surface area contributed by atoms with Gasteiger partial charge in [-0.25, -0.2) is 4.39 Å². The molecule has 1 atom stereocenters. The molecule has 1 amide bonds. The highest BCUT2D eigenvalue weighted by Crippen LogP contribution is 2.29. The van der Waals surface area contributed by atoms with E-state index in [1.54, 1.807) is 37.3 Å². The fraction of sp³-hybridized carbons (Fsp3) is 0.393. The van der Waals surface area contributed by atoms with Gasteiger partial charge >= 0.3 is 0 Å². The number of carbonyl (C=O) groups is 1. The topological polar surface area (TPSA) is 45.9 Å². The van der Waals surface area contributed by atoms with E-state index in [0.29, 0.717) is 23.3 Å². The van der Waals surface area contributed by atoms with Crippen molar-refractivity contribution in [1.29, 1.82) is 0 Å². The number of furan rings is 1. The Hall–Kier alpha value is -3.12. The molecule has 2 heterocycles. The molecule has 0 spiro atoms. The van der Waals surface area contributed by atoms with Crippen LogP contribution in [0.5, 0.6) is 5.75 Å². The summed E-state index contributed by atoms with van der Waals surface area (Å²) in [4.78, 5) is 17.5. The summed E-state index contributed by atoms with van der Waals surface area (Å²) < 4.78 is 25.2. The summed E-state index contributed by atoms with van der Waals surface area (Å²) in [6, 6.07) is 16.7. The summed E-state index contributed by atoms with van der Waals surface area (Å²) in [6.45, 7) is 4.57. The first-order valence-electron chi connectivity index (χ1n) is 11.9. The Morgan fingerprint density at radius 2 is 1.85 bits per heavy atom. The molecule has 0 unspecified atom stereocenters. The van der Waals surface area contributed by atoms with Crippen LogP contribution in [0, 0.1) is 18.7 Å². The highest BCUT2D eigenvalue weighted by Gasteiger charge is 2.33. The Morgan fingerprint density at radius 3 is 2.47 bits per heavy atom. The number of piperidine rings is 1. The van der Waals surface area contributed by atoms with E-state index in [2.05, 4.69) is 17.0 Å². The van der Waals surface area contributed by atoms with Crippen molar-refractivity contribution in [2.75, 3.05) is 27.2 Å². The Bertz CT molecular complexity index is 1090. The van der Waals surface area contributed by atoms with Crippen molar-refractivity contribution in [1.82, 2.24) is 9.80 Å². The molecular weight excluding hydrogens is 431 g/mol. The Labute approximate surface area is 201 Å². The number of benzene rings is 2. The summed E-state index contributed by atoms with van der Waals surface area (Å²) in [7, 11) is 3.51. The van der Waals surface area contributed by atoms with Crippen LogP contribution in [-0.4, -0.2) is 49.0 Å². The first-order chi connectivity index (χ1) is 16.5. The Kier molecular flexibility index (Phi) is 7.68. The molecule has 4 rings (SSSR count). The lowest BCUT2D eigenvalue weighted by molar-refractivity contribution is 0.0581. The molecule has 1 fully saturated rings. The maximum absolute atomic E-state index is 14.5. The van der Waals surface area contributed by atoms with Gasteiger partial charge in [-0.1, -0.05) is 30.3 Å². The molecule has 2 aromatic carbocycles. The third kappa shape index (κ3) is 5.50. The number of hydrogen-bond acceptors (Lipinski definition) is 4. The predicted molar refractivity (Wildman–Crippen MR) is 130 cm³/mol. The molecule has 0 aliphatic carbocycles. The summed E-state index contributed by atoms with van der Waals surface area (Å²) in [5.74, 6) is 1.46. The van der Waals surface area contributed by atoms with Crippen molar-refractivity contribution < 1.29 is 18.3 Å². The monoisotopic (exact) mass is 464 g/mol. The SMILES string of the molecule is COc1ccc(CN2CCC([C@H](Cc3ccccc3F)N(C)C(=O)c3ccoc3C)CC2)cc1. The van der Waals surface area contributed by atoms with Crippen LogP contribution in [0.4, 0.5) is 4.39 Å². The largest absolute Gasteiger partial charge is 0.497 e. The van der Waals surface area contributed by atoms with Crippen LogP contribution in [0.25, 0.3) is 0 Å². The van der Waals surface area contributed by atoms with E-state index in [1.807, 2.05) is 31.3 Å². The van der Waals surface area contributed by atoms with Crippen molar-refractivity contribution in [3.05, 3.63) is 89.1 Å². The van der Waals surface area contributed by atoms with Gasteiger partial charge in [-0.2, -0.15) is 0 Å². The van der Waals surface area contributed by atoms with Crippen molar-refractivity contribution >= 4 is 5.91 Å². The molecule has 1 aliphatic rings. The lowest BCUT2D eigenvalue weighted by Gasteiger charge is -2.40. The fourth-order valence-corrected chi connectivity index (χ4v) is 4.94. The number of carbonyl (C=O) groups excluding carboxylic acids is 1. The van der Waals surface area contributed by atoms with Gasteiger partial charge in [-0.05, 0) is 80.6 Å². The second-order valence-electron chi connectivity index (χ2n) is 9.13. The number of halogens is 1. The molecule has 0 bridgehead atoms. The van der Waals surface area contributed by atoms with E-state index < -0.39 is 0 Å². The molecule has 0 radical (unpaired) electrons. The minimum Gasteiger partial charge on any atom is -0.497 e. The molecule has 34 heavy (non-hydrogen) atoms. The van der Waals surface area contributed by atoms with E-state index in [4.69, 9.17) is 9.15 Å². The van der Waals surface area contributed by atoms with Gasteiger partial charge in [0.15, 0.2) is 0 Å². The van der Waals surface area contributed by atoms with Crippen molar-refractivity contribution in [2.45, 2.75) is 38.8 Å². The fourth-order valence-electron chi connectivity index (χ4n) is 4.94. The summed E-state index contributed by atoms with van der Waals surface area (Å²) >= 11 is 0.